The van der Waals surface area contributed by atoms with E-state index in [0.29, 0.717) is 13.1 Å². The highest BCUT2D eigenvalue weighted by molar-refractivity contribution is 5.80. The molecule has 3 nitrogen and oxygen atoms in total. The summed E-state index contributed by atoms with van der Waals surface area (Å²) in [5, 5.41) is 0. The molecule has 0 fully saturated rings. The molecule has 0 radical (unpaired) electrons. The third-order valence-electron chi connectivity index (χ3n) is 2.14. The van der Waals surface area contributed by atoms with Crippen molar-refractivity contribution in [3.05, 3.63) is 0 Å². The SMILES string of the molecule is CCCN(CCC)C(=O)C(C)OCC(F)(F)F. The maximum Gasteiger partial charge on any atom is 0.411 e. The monoisotopic (exact) mass is 255 g/mol. The zero-order chi connectivity index (χ0) is 13.5. The van der Waals surface area contributed by atoms with Crippen LogP contribution in [0.4, 0.5) is 13.2 Å². The molecule has 0 aromatic rings. The highest BCUT2D eigenvalue weighted by Gasteiger charge is 2.30. The Balaban J connectivity index is 4.24. The van der Waals surface area contributed by atoms with Gasteiger partial charge in [-0.05, 0) is 19.8 Å². The number of ether oxygens (including phenoxy) is 1. The summed E-state index contributed by atoms with van der Waals surface area (Å²) in [7, 11) is 0. The predicted molar refractivity (Wildman–Crippen MR) is 58.6 cm³/mol. The van der Waals surface area contributed by atoms with Crippen LogP contribution in [0.5, 0.6) is 0 Å². The molecule has 0 saturated heterocycles. The van der Waals surface area contributed by atoms with Crippen molar-refractivity contribution in [1.82, 2.24) is 4.90 Å². The third kappa shape index (κ3) is 7.20. The Morgan fingerprint density at radius 2 is 1.71 bits per heavy atom. The van der Waals surface area contributed by atoms with Crippen LogP contribution in [0, 0.1) is 0 Å². The van der Waals surface area contributed by atoms with E-state index in [9.17, 15) is 18.0 Å². The first-order valence-electron chi connectivity index (χ1n) is 5.79. The number of carbonyl (C=O) groups is 1. The van der Waals surface area contributed by atoms with Crippen molar-refractivity contribution >= 4 is 5.91 Å². The van der Waals surface area contributed by atoms with Gasteiger partial charge in [0.05, 0.1) is 0 Å². The van der Waals surface area contributed by atoms with E-state index in [-0.39, 0.29) is 5.91 Å². The Hall–Kier alpha value is -0.780. The van der Waals surface area contributed by atoms with E-state index in [0.717, 1.165) is 12.8 Å². The smallest absolute Gasteiger partial charge is 0.359 e. The van der Waals surface area contributed by atoms with Gasteiger partial charge in [0.15, 0.2) is 0 Å². The molecule has 1 unspecified atom stereocenters. The lowest BCUT2D eigenvalue weighted by Gasteiger charge is -2.25. The van der Waals surface area contributed by atoms with Crippen molar-refractivity contribution in [2.75, 3.05) is 19.7 Å². The minimum absolute atomic E-state index is 0.377. The molecule has 1 atom stereocenters. The van der Waals surface area contributed by atoms with E-state index in [1.165, 1.54) is 6.92 Å². The van der Waals surface area contributed by atoms with Crippen LogP contribution in [-0.4, -0.2) is 42.8 Å². The molecule has 0 aliphatic heterocycles. The number of nitrogens with zero attached hydrogens (tertiary/aromatic N) is 1. The first-order chi connectivity index (χ1) is 7.81. The number of rotatable bonds is 7. The van der Waals surface area contributed by atoms with E-state index in [1.807, 2.05) is 13.8 Å². The highest BCUT2D eigenvalue weighted by atomic mass is 19.4. The fraction of sp³-hybridized carbons (Fsp3) is 0.909. The lowest BCUT2D eigenvalue weighted by molar-refractivity contribution is -0.188. The van der Waals surface area contributed by atoms with Crippen LogP contribution in [0.2, 0.25) is 0 Å². The van der Waals surface area contributed by atoms with Crippen LogP contribution >= 0.6 is 0 Å². The number of amides is 1. The number of halogens is 3. The van der Waals surface area contributed by atoms with Gasteiger partial charge >= 0.3 is 6.18 Å². The second-order valence-electron chi connectivity index (χ2n) is 3.89. The maximum atomic E-state index is 11.9. The predicted octanol–water partition coefficient (Wildman–Crippen LogP) is 2.60. The van der Waals surface area contributed by atoms with Gasteiger partial charge < -0.3 is 9.64 Å². The van der Waals surface area contributed by atoms with Gasteiger partial charge in [0.25, 0.3) is 5.91 Å². The second kappa shape index (κ2) is 7.53. The zero-order valence-corrected chi connectivity index (χ0v) is 10.5. The Labute approximate surface area is 99.9 Å². The Morgan fingerprint density at radius 1 is 1.24 bits per heavy atom. The topological polar surface area (TPSA) is 29.5 Å². The van der Waals surface area contributed by atoms with Crippen molar-refractivity contribution < 1.29 is 22.7 Å². The van der Waals surface area contributed by atoms with Crippen molar-refractivity contribution in [2.24, 2.45) is 0 Å². The van der Waals surface area contributed by atoms with Gasteiger partial charge in [0.1, 0.15) is 12.7 Å². The summed E-state index contributed by atoms with van der Waals surface area (Å²) in [4.78, 5) is 13.3. The van der Waals surface area contributed by atoms with Gasteiger partial charge in [-0.3, -0.25) is 4.79 Å². The van der Waals surface area contributed by atoms with Gasteiger partial charge in [-0.1, -0.05) is 13.8 Å². The Morgan fingerprint density at radius 3 is 2.06 bits per heavy atom. The Kier molecular flexibility index (Phi) is 7.18. The van der Waals surface area contributed by atoms with Crippen LogP contribution in [-0.2, 0) is 9.53 Å². The summed E-state index contributed by atoms with van der Waals surface area (Å²) < 4.78 is 40.3. The molecule has 0 spiro atoms. The van der Waals surface area contributed by atoms with Crippen LogP contribution in [0.15, 0.2) is 0 Å². The van der Waals surface area contributed by atoms with Gasteiger partial charge in [-0.15, -0.1) is 0 Å². The van der Waals surface area contributed by atoms with Crippen LogP contribution in [0.25, 0.3) is 0 Å². The minimum Gasteiger partial charge on any atom is -0.359 e. The number of hydrogen-bond donors (Lipinski definition) is 0. The molecule has 1 amide bonds. The molecular formula is C11H20F3NO2. The summed E-state index contributed by atoms with van der Waals surface area (Å²) in [6.07, 6.45) is -3.89. The maximum absolute atomic E-state index is 11.9. The number of hydrogen-bond acceptors (Lipinski definition) is 2. The van der Waals surface area contributed by atoms with Crippen LogP contribution in [0.1, 0.15) is 33.6 Å². The van der Waals surface area contributed by atoms with Gasteiger partial charge in [-0.2, -0.15) is 13.2 Å². The van der Waals surface area contributed by atoms with Crippen LogP contribution < -0.4 is 0 Å². The lowest BCUT2D eigenvalue weighted by atomic mass is 10.3. The molecular weight excluding hydrogens is 235 g/mol. The molecule has 0 aromatic heterocycles. The van der Waals surface area contributed by atoms with E-state index in [2.05, 4.69) is 4.74 Å². The molecule has 6 heteroatoms. The van der Waals surface area contributed by atoms with E-state index < -0.39 is 18.9 Å². The average Bonchev–Trinajstić information content (AvgIpc) is 2.23. The second-order valence-corrected chi connectivity index (χ2v) is 3.89. The molecule has 0 aliphatic rings. The summed E-state index contributed by atoms with van der Waals surface area (Å²) in [6.45, 7) is 4.89. The van der Waals surface area contributed by atoms with Gasteiger partial charge in [0, 0.05) is 13.1 Å². The minimum atomic E-state index is -4.39. The molecule has 102 valence electrons. The van der Waals surface area contributed by atoms with Crippen molar-refractivity contribution in [1.29, 1.82) is 0 Å². The third-order valence-corrected chi connectivity index (χ3v) is 2.14. The zero-order valence-electron chi connectivity index (χ0n) is 10.5. The first kappa shape index (κ1) is 16.2. The molecule has 0 aliphatic carbocycles. The van der Waals surface area contributed by atoms with Gasteiger partial charge in [0.2, 0.25) is 0 Å². The summed E-state index contributed by atoms with van der Waals surface area (Å²) in [5.41, 5.74) is 0. The van der Waals surface area contributed by atoms with E-state index >= 15 is 0 Å². The van der Waals surface area contributed by atoms with Crippen molar-refractivity contribution in [2.45, 2.75) is 45.9 Å². The fourth-order valence-corrected chi connectivity index (χ4v) is 1.42. The molecule has 0 aromatic carbocycles. The lowest BCUT2D eigenvalue weighted by Crippen LogP contribution is -2.41. The molecule has 0 bridgehead atoms. The summed E-state index contributed by atoms with van der Waals surface area (Å²) >= 11 is 0. The summed E-state index contributed by atoms with van der Waals surface area (Å²) in [5.74, 6) is -0.377. The molecule has 0 rings (SSSR count). The molecule has 0 heterocycles. The van der Waals surface area contributed by atoms with E-state index in [1.54, 1.807) is 4.90 Å². The molecule has 17 heavy (non-hydrogen) atoms. The quantitative estimate of drug-likeness (QED) is 0.700. The fourth-order valence-electron chi connectivity index (χ4n) is 1.42. The van der Waals surface area contributed by atoms with Crippen molar-refractivity contribution in [3.63, 3.8) is 0 Å². The van der Waals surface area contributed by atoms with E-state index in [4.69, 9.17) is 0 Å². The summed E-state index contributed by atoms with van der Waals surface area (Å²) in [6, 6.07) is 0. The molecule has 0 N–H and O–H groups in total. The number of alkyl halides is 3. The average molecular weight is 255 g/mol. The number of carbonyl (C=O) groups excluding carboxylic acids is 1. The van der Waals surface area contributed by atoms with Crippen LogP contribution in [0.3, 0.4) is 0 Å². The molecule has 0 saturated carbocycles. The largest absolute Gasteiger partial charge is 0.411 e. The van der Waals surface area contributed by atoms with Gasteiger partial charge in [-0.25, -0.2) is 0 Å². The normalized spacial score (nSPS) is 13.5. The highest BCUT2D eigenvalue weighted by Crippen LogP contribution is 2.16. The standard InChI is InChI=1S/C11H20F3NO2/c1-4-6-15(7-5-2)10(16)9(3)17-8-11(12,13)14/h9H,4-8H2,1-3H3. The van der Waals surface area contributed by atoms with Crippen molar-refractivity contribution in [3.8, 4) is 0 Å². The Bertz CT molecular complexity index is 225. The first-order valence-corrected chi connectivity index (χ1v) is 5.79.